The molecule has 0 bridgehead atoms. The van der Waals surface area contributed by atoms with Crippen molar-refractivity contribution >= 4 is 5.57 Å². The molecular weight excluding hydrogens is 343 g/mol. The molecule has 0 N–H and O–H groups in total. The number of unbranched alkanes of at least 4 members (excludes halogenated alkanes) is 3. The van der Waals surface area contributed by atoms with E-state index in [0.29, 0.717) is 5.41 Å². The maximum atomic E-state index is 13.5. The van der Waals surface area contributed by atoms with Crippen molar-refractivity contribution in [3.8, 4) is 0 Å². The minimum Gasteiger partial charge on any atom is -0.207 e. The fourth-order valence-electron chi connectivity index (χ4n) is 5.71. The highest BCUT2D eigenvalue weighted by Gasteiger charge is 2.30. The van der Waals surface area contributed by atoms with Crippen LogP contribution in [0.5, 0.6) is 0 Å². The summed E-state index contributed by atoms with van der Waals surface area (Å²) in [5.41, 5.74) is 3.14. The minimum absolute atomic E-state index is 0.115. The first-order valence-electron chi connectivity index (χ1n) is 12.2. The molecule has 0 radical (unpaired) electrons. The van der Waals surface area contributed by atoms with Crippen LogP contribution in [0.3, 0.4) is 0 Å². The molecule has 0 spiro atoms. The highest BCUT2D eigenvalue weighted by molar-refractivity contribution is 5.66. The molecule has 0 saturated heterocycles. The summed E-state index contributed by atoms with van der Waals surface area (Å²) in [6.07, 6.45) is 24.8. The van der Waals surface area contributed by atoms with E-state index in [9.17, 15) is 4.39 Å². The Hall–Kier alpha value is -1.11. The van der Waals surface area contributed by atoms with Crippen molar-refractivity contribution in [3.63, 3.8) is 0 Å². The van der Waals surface area contributed by atoms with Crippen LogP contribution in [0.2, 0.25) is 0 Å². The van der Waals surface area contributed by atoms with Crippen molar-refractivity contribution in [2.24, 2.45) is 11.3 Å². The third-order valence-electron chi connectivity index (χ3n) is 7.51. The molecule has 1 aromatic carbocycles. The fourth-order valence-corrected chi connectivity index (χ4v) is 5.71. The predicted octanol–water partition coefficient (Wildman–Crippen LogP) is 9.10. The predicted molar refractivity (Wildman–Crippen MR) is 120 cm³/mol. The van der Waals surface area contributed by atoms with Crippen LogP contribution in [-0.2, 0) is 0 Å². The lowest BCUT2D eigenvalue weighted by Crippen LogP contribution is -2.24. The Morgan fingerprint density at radius 1 is 1.00 bits per heavy atom. The third-order valence-corrected chi connectivity index (χ3v) is 7.51. The van der Waals surface area contributed by atoms with Crippen LogP contribution in [0, 0.1) is 17.2 Å². The zero-order chi connectivity index (χ0) is 19.7. The van der Waals surface area contributed by atoms with Crippen molar-refractivity contribution in [3.05, 3.63) is 41.7 Å². The Morgan fingerprint density at radius 3 is 2.46 bits per heavy atom. The van der Waals surface area contributed by atoms with E-state index in [-0.39, 0.29) is 5.82 Å². The number of benzene rings is 1. The summed E-state index contributed by atoms with van der Waals surface area (Å²) in [6.45, 7) is 2.33. The lowest BCUT2D eigenvalue weighted by molar-refractivity contribution is 0.146. The van der Waals surface area contributed by atoms with Crippen LogP contribution in [0.1, 0.15) is 115 Å². The highest BCUT2D eigenvalue weighted by Crippen LogP contribution is 2.45. The number of hydrogen-bond acceptors (Lipinski definition) is 0. The van der Waals surface area contributed by atoms with Gasteiger partial charge in [0.1, 0.15) is 5.82 Å². The highest BCUT2D eigenvalue weighted by atomic mass is 19.1. The molecule has 2 aliphatic carbocycles. The Morgan fingerprint density at radius 2 is 1.79 bits per heavy atom. The smallest absolute Gasteiger partial charge is 0.123 e. The van der Waals surface area contributed by atoms with Gasteiger partial charge in [-0.2, -0.15) is 0 Å². The SMILES string of the molecule is CCCCCC1(CCCCC2CC=C(c3cccc(F)c3)CC2)CCCCC1. The van der Waals surface area contributed by atoms with Gasteiger partial charge in [-0.05, 0) is 79.5 Å². The van der Waals surface area contributed by atoms with Crippen LogP contribution in [0.15, 0.2) is 30.3 Å². The van der Waals surface area contributed by atoms with Crippen molar-refractivity contribution in [1.82, 2.24) is 0 Å². The quantitative estimate of drug-likeness (QED) is 0.353. The van der Waals surface area contributed by atoms with Gasteiger partial charge in [-0.3, -0.25) is 0 Å². The van der Waals surface area contributed by atoms with E-state index in [1.54, 1.807) is 6.07 Å². The molecule has 1 unspecified atom stereocenters. The standard InChI is InChI=1S/C27H41F/c1-2-3-6-18-27(19-7-4-8-20-27)21-9-5-11-23-14-16-24(17-15-23)25-12-10-13-26(28)22-25/h10,12-13,16,22-23H,2-9,11,14-15,17-21H2,1H3. The summed E-state index contributed by atoms with van der Waals surface area (Å²) < 4.78 is 13.5. The molecule has 1 saturated carbocycles. The molecule has 0 nitrogen and oxygen atoms in total. The Bertz CT molecular complexity index is 608. The van der Waals surface area contributed by atoms with E-state index >= 15 is 0 Å². The lowest BCUT2D eigenvalue weighted by Gasteiger charge is -2.38. The Balaban J connectivity index is 1.40. The maximum Gasteiger partial charge on any atom is 0.123 e. The zero-order valence-electron chi connectivity index (χ0n) is 18.2. The zero-order valence-corrected chi connectivity index (χ0v) is 18.2. The van der Waals surface area contributed by atoms with Gasteiger partial charge in [-0.25, -0.2) is 4.39 Å². The summed E-state index contributed by atoms with van der Waals surface area (Å²) >= 11 is 0. The summed E-state index contributed by atoms with van der Waals surface area (Å²) in [6, 6.07) is 7.11. The molecule has 0 amide bonds. The molecule has 1 heteroatoms. The van der Waals surface area contributed by atoms with E-state index < -0.39 is 0 Å². The van der Waals surface area contributed by atoms with Crippen LogP contribution in [-0.4, -0.2) is 0 Å². The molecule has 2 aliphatic rings. The topological polar surface area (TPSA) is 0 Å². The molecule has 3 rings (SSSR count). The lowest BCUT2D eigenvalue weighted by atomic mass is 9.68. The van der Waals surface area contributed by atoms with Crippen molar-refractivity contribution in [1.29, 1.82) is 0 Å². The van der Waals surface area contributed by atoms with Gasteiger partial charge in [-0.15, -0.1) is 0 Å². The maximum absolute atomic E-state index is 13.5. The van der Waals surface area contributed by atoms with Crippen molar-refractivity contribution in [2.75, 3.05) is 0 Å². The first-order valence-corrected chi connectivity index (χ1v) is 12.2. The van der Waals surface area contributed by atoms with Crippen molar-refractivity contribution < 1.29 is 4.39 Å². The average Bonchev–Trinajstić information content (AvgIpc) is 2.73. The van der Waals surface area contributed by atoms with E-state index in [4.69, 9.17) is 0 Å². The molecule has 0 aromatic heterocycles. The molecule has 28 heavy (non-hydrogen) atoms. The van der Waals surface area contributed by atoms with E-state index in [2.05, 4.69) is 19.1 Å². The van der Waals surface area contributed by atoms with Gasteiger partial charge in [0.25, 0.3) is 0 Å². The number of halogens is 1. The molecule has 0 heterocycles. The van der Waals surface area contributed by atoms with Crippen molar-refractivity contribution in [2.45, 2.75) is 110 Å². The van der Waals surface area contributed by atoms with Gasteiger partial charge in [0.15, 0.2) is 0 Å². The van der Waals surface area contributed by atoms with Crippen LogP contribution in [0.25, 0.3) is 5.57 Å². The summed E-state index contributed by atoms with van der Waals surface area (Å²) in [5.74, 6) is 0.732. The van der Waals surface area contributed by atoms with Crippen LogP contribution >= 0.6 is 0 Å². The van der Waals surface area contributed by atoms with E-state index in [1.807, 2.05) is 6.07 Å². The second kappa shape index (κ2) is 11.2. The second-order valence-corrected chi connectivity index (χ2v) is 9.64. The van der Waals surface area contributed by atoms with Gasteiger partial charge in [-0.1, -0.05) is 82.9 Å². The normalized spacial score (nSPS) is 22.1. The van der Waals surface area contributed by atoms with E-state index in [0.717, 1.165) is 17.9 Å². The van der Waals surface area contributed by atoms with Gasteiger partial charge in [0.05, 0.1) is 0 Å². The third kappa shape index (κ3) is 6.46. The molecular formula is C27H41F. The summed E-state index contributed by atoms with van der Waals surface area (Å²) in [5, 5.41) is 0. The summed E-state index contributed by atoms with van der Waals surface area (Å²) in [7, 11) is 0. The first kappa shape index (κ1) is 21.6. The molecule has 1 fully saturated rings. The molecule has 1 aromatic rings. The number of rotatable bonds is 10. The molecule has 1 atom stereocenters. The monoisotopic (exact) mass is 384 g/mol. The molecule has 156 valence electrons. The van der Waals surface area contributed by atoms with Gasteiger partial charge in [0.2, 0.25) is 0 Å². The fraction of sp³-hybridized carbons (Fsp3) is 0.704. The molecule has 0 aliphatic heterocycles. The van der Waals surface area contributed by atoms with Crippen LogP contribution < -0.4 is 0 Å². The number of allylic oxidation sites excluding steroid dienone is 2. The average molecular weight is 385 g/mol. The Kier molecular flexibility index (Phi) is 8.62. The largest absolute Gasteiger partial charge is 0.207 e. The number of hydrogen-bond donors (Lipinski definition) is 0. The van der Waals surface area contributed by atoms with E-state index in [1.165, 1.54) is 108 Å². The summed E-state index contributed by atoms with van der Waals surface area (Å²) in [4.78, 5) is 0. The van der Waals surface area contributed by atoms with Gasteiger partial charge in [0, 0.05) is 0 Å². The second-order valence-electron chi connectivity index (χ2n) is 9.64. The minimum atomic E-state index is -0.115. The Labute approximate surface area is 173 Å². The first-order chi connectivity index (χ1) is 13.7. The van der Waals surface area contributed by atoms with Crippen LogP contribution in [0.4, 0.5) is 4.39 Å². The van der Waals surface area contributed by atoms with Gasteiger partial charge < -0.3 is 0 Å². The van der Waals surface area contributed by atoms with Gasteiger partial charge >= 0.3 is 0 Å².